The fraction of sp³-hybridized carbons (Fsp3) is 0. The number of fused-ring (bicyclic) bond motifs is 13. The molecule has 2 aromatic heterocycles. The lowest BCUT2D eigenvalue weighted by Gasteiger charge is -2.30. The lowest BCUT2D eigenvalue weighted by molar-refractivity contribution is 0.580. The third-order valence-electron chi connectivity index (χ3n) is 7.61. The fourth-order valence-corrected chi connectivity index (χ4v) is 6.03. The summed E-state index contributed by atoms with van der Waals surface area (Å²) >= 11 is 0. The maximum absolute atomic E-state index is 6.88. The number of benzene rings is 5. The second-order valence-electron chi connectivity index (χ2n) is 9.56. The molecule has 0 radical (unpaired) electrons. The van der Waals surface area contributed by atoms with Gasteiger partial charge in [0.05, 0.1) is 16.7 Å². The van der Waals surface area contributed by atoms with Gasteiger partial charge in [-0.15, -0.1) is 0 Å². The molecule has 2 aliphatic rings. The van der Waals surface area contributed by atoms with Crippen LogP contribution in [0.3, 0.4) is 0 Å². The van der Waals surface area contributed by atoms with Gasteiger partial charge in [0, 0.05) is 33.2 Å². The van der Waals surface area contributed by atoms with Crippen LogP contribution in [-0.2, 0) is 0 Å². The molecule has 0 saturated heterocycles. The predicted molar refractivity (Wildman–Crippen MR) is 148 cm³/mol. The largest absolute Gasteiger partial charge is 0.629 e. The van der Waals surface area contributed by atoms with Crippen LogP contribution in [0.15, 0.2) is 114 Å². The van der Waals surface area contributed by atoms with E-state index in [4.69, 9.17) is 14.1 Å². The second-order valence-corrected chi connectivity index (χ2v) is 9.56. The van der Waals surface area contributed by atoms with E-state index in [-0.39, 0.29) is 7.19 Å². The molecule has 0 spiro atoms. The van der Waals surface area contributed by atoms with E-state index >= 15 is 0 Å². The van der Waals surface area contributed by atoms with Crippen LogP contribution in [-0.4, -0.2) is 16.6 Å². The molecule has 0 N–H and O–H groups in total. The highest BCUT2D eigenvalue weighted by Gasteiger charge is 2.48. The Balaban J connectivity index is 1.32. The summed E-state index contributed by atoms with van der Waals surface area (Å²) in [5.74, 6) is 1.77. The Morgan fingerprint density at radius 1 is 0.622 bits per heavy atom. The number of rotatable bonds is 1. The molecule has 172 valence electrons. The molecule has 37 heavy (non-hydrogen) atoms. The van der Waals surface area contributed by atoms with Crippen LogP contribution in [0.4, 0.5) is 11.4 Å². The smallest absolute Gasteiger partial charge is 0.520 e. The lowest BCUT2D eigenvalue weighted by Crippen LogP contribution is -2.46. The highest BCUT2D eigenvalue weighted by Crippen LogP contribution is 2.52. The van der Waals surface area contributed by atoms with Crippen LogP contribution < -0.4 is 9.47 Å². The van der Waals surface area contributed by atoms with E-state index in [0.717, 1.165) is 72.6 Å². The summed E-state index contributed by atoms with van der Waals surface area (Å²) in [7, 11) is -0.372. The van der Waals surface area contributed by atoms with Crippen LogP contribution in [0.2, 0.25) is 0 Å². The first kappa shape index (κ1) is 19.3. The van der Waals surface area contributed by atoms with Gasteiger partial charge in [0.1, 0.15) is 22.7 Å². The van der Waals surface area contributed by atoms with Gasteiger partial charge in [-0.3, -0.25) is 0 Å². The molecule has 2 aliphatic heterocycles. The van der Waals surface area contributed by atoms with Gasteiger partial charge in [-0.1, -0.05) is 72.8 Å². The van der Waals surface area contributed by atoms with Gasteiger partial charge in [-0.05, 0) is 36.4 Å². The van der Waals surface area contributed by atoms with Crippen molar-refractivity contribution in [3.8, 4) is 28.3 Å². The molecule has 0 unspecified atom stereocenters. The number of imidazole rings is 1. The minimum absolute atomic E-state index is 0.372. The van der Waals surface area contributed by atoms with Gasteiger partial charge in [0.15, 0.2) is 0 Å². The Bertz CT molecular complexity index is 2060. The molecule has 5 nitrogen and oxygen atoms in total. The number of nitrogens with zero attached hydrogens (tertiary/aromatic N) is 3. The molecule has 0 amide bonds. The molecule has 6 heteroatoms. The number of hydrogen-bond acceptors (Lipinski definition) is 4. The van der Waals surface area contributed by atoms with Crippen LogP contribution in [0.25, 0.3) is 55.5 Å². The Morgan fingerprint density at radius 2 is 1.35 bits per heavy atom. The minimum atomic E-state index is -0.372. The van der Waals surface area contributed by atoms with Gasteiger partial charge in [0.25, 0.3) is 0 Å². The summed E-state index contributed by atoms with van der Waals surface area (Å²) in [6.07, 6.45) is 0. The molecular formula is C31H18BN3O2. The monoisotopic (exact) mass is 475 g/mol. The highest BCUT2D eigenvalue weighted by molar-refractivity contribution is 6.62. The molecule has 0 fully saturated rings. The van der Waals surface area contributed by atoms with E-state index in [0.29, 0.717) is 0 Å². The minimum Gasteiger partial charge on any atom is -0.520 e. The van der Waals surface area contributed by atoms with Gasteiger partial charge in [-0.25, -0.2) is 4.98 Å². The maximum atomic E-state index is 6.88. The van der Waals surface area contributed by atoms with E-state index in [1.807, 2.05) is 18.2 Å². The van der Waals surface area contributed by atoms with Gasteiger partial charge < -0.3 is 18.4 Å². The average molecular weight is 475 g/mol. The average Bonchev–Trinajstić information content (AvgIpc) is 3.64. The topological polar surface area (TPSA) is 43.4 Å². The summed E-state index contributed by atoms with van der Waals surface area (Å²) in [6, 6.07) is 37.6. The van der Waals surface area contributed by atoms with Gasteiger partial charge in [0.2, 0.25) is 0 Å². The van der Waals surface area contributed by atoms with Crippen molar-refractivity contribution in [2.75, 3.05) is 4.81 Å². The van der Waals surface area contributed by atoms with Gasteiger partial charge >= 0.3 is 7.19 Å². The summed E-state index contributed by atoms with van der Waals surface area (Å²) in [5.41, 5.74) is 9.03. The Labute approximate surface area is 212 Å². The van der Waals surface area contributed by atoms with Crippen LogP contribution in [0.5, 0.6) is 5.75 Å². The van der Waals surface area contributed by atoms with E-state index in [1.165, 1.54) is 0 Å². The molecule has 4 heterocycles. The zero-order valence-corrected chi connectivity index (χ0v) is 19.6. The Kier molecular flexibility index (Phi) is 3.55. The zero-order valence-electron chi connectivity index (χ0n) is 19.6. The third kappa shape index (κ3) is 2.42. The molecule has 0 aliphatic carbocycles. The first-order valence-electron chi connectivity index (χ1n) is 12.4. The highest BCUT2D eigenvalue weighted by atomic mass is 16.5. The fourth-order valence-electron chi connectivity index (χ4n) is 6.03. The number of anilines is 2. The summed E-state index contributed by atoms with van der Waals surface area (Å²) < 4.78 is 15.5. The quantitative estimate of drug-likeness (QED) is 0.229. The van der Waals surface area contributed by atoms with Crippen molar-refractivity contribution in [2.24, 2.45) is 0 Å². The number of aromatic nitrogens is 2. The van der Waals surface area contributed by atoms with Crippen molar-refractivity contribution in [2.45, 2.75) is 0 Å². The van der Waals surface area contributed by atoms with E-state index in [2.05, 4.69) is 100 Å². The van der Waals surface area contributed by atoms with Crippen LogP contribution in [0.1, 0.15) is 0 Å². The molecule has 7 aromatic rings. The van der Waals surface area contributed by atoms with Gasteiger partial charge in [-0.2, -0.15) is 0 Å². The van der Waals surface area contributed by atoms with E-state index < -0.39 is 0 Å². The summed E-state index contributed by atoms with van der Waals surface area (Å²) in [5, 5.41) is 2.23. The Hall–Kier alpha value is -4.97. The standard InChI is InChI=1S/C31H18BN3O2/c1-4-15-25-23(10-1)31-33-24-14-3-5-16-26(24)35(31)32-34(25)27-17-8-13-22(30(27)37-32)21-12-7-11-20-19-9-2-6-18-28(19)36-29(20)21/h1-18H. The van der Waals surface area contributed by atoms with Crippen molar-refractivity contribution in [3.63, 3.8) is 0 Å². The number of hydrogen-bond donors (Lipinski definition) is 0. The molecule has 9 rings (SSSR count). The lowest BCUT2D eigenvalue weighted by atomic mass is 9.89. The molecule has 0 saturated carbocycles. The SMILES string of the molecule is c1ccc2c(c1)-c1nc3ccccc3n1B1Oc3c(-c4cccc5c4oc4ccccc45)cccc3N12. The van der Waals surface area contributed by atoms with E-state index in [1.54, 1.807) is 0 Å². The zero-order chi connectivity index (χ0) is 24.1. The first-order valence-corrected chi connectivity index (χ1v) is 12.4. The molecular weight excluding hydrogens is 457 g/mol. The van der Waals surface area contributed by atoms with Crippen molar-refractivity contribution >= 4 is 51.5 Å². The second kappa shape index (κ2) is 6.83. The molecule has 5 aromatic carbocycles. The van der Waals surface area contributed by atoms with Crippen molar-refractivity contribution in [1.82, 2.24) is 9.46 Å². The van der Waals surface area contributed by atoms with Crippen molar-refractivity contribution < 1.29 is 9.07 Å². The van der Waals surface area contributed by atoms with Crippen molar-refractivity contribution in [1.29, 1.82) is 0 Å². The summed E-state index contributed by atoms with van der Waals surface area (Å²) in [4.78, 5) is 7.29. The van der Waals surface area contributed by atoms with Crippen LogP contribution >= 0.6 is 0 Å². The number of para-hydroxylation sites is 6. The maximum Gasteiger partial charge on any atom is 0.629 e. The van der Waals surface area contributed by atoms with Crippen molar-refractivity contribution in [3.05, 3.63) is 109 Å². The van der Waals surface area contributed by atoms with Crippen LogP contribution in [0, 0.1) is 0 Å². The predicted octanol–water partition coefficient (Wildman–Crippen LogP) is 7.65. The Morgan fingerprint density at radius 3 is 2.35 bits per heavy atom. The molecule has 0 atom stereocenters. The third-order valence-corrected chi connectivity index (χ3v) is 7.61. The molecule has 0 bridgehead atoms. The normalized spacial score (nSPS) is 13.5. The van der Waals surface area contributed by atoms with E-state index in [9.17, 15) is 0 Å². The number of furan rings is 1. The first-order chi connectivity index (χ1) is 18.4. The summed E-state index contributed by atoms with van der Waals surface area (Å²) in [6.45, 7) is 0.